The molecule has 1 N–H and O–H groups in total. The van der Waals surface area contributed by atoms with Crippen molar-refractivity contribution in [2.45, 2.75) is 18.4 Å². The van der Waals surface area contributed by atoms with Crippen molar-refractivity contribution in [2.24, 2.45) is 0 Å². The molecule has 2 unspecified atom stereocenters. The number of rotatable bonds is 4. The van der Waals surface area contributed by atoms with E-state index in [0.29, 0.717) is 31.3 Å². The van der Waals surface area contributed by atoms with Crippen LogP contribution in [0.4, 0.5) is 0 Å². The van der Waals surface area contributed by atoms with Crippen molar-refractivity contribution in [1.29, 1.82) is 0 Å². The summed E-state index contributed by atoms with van der Waals surface area (Å²) in [6.07, 6.45) is 2.35. The van der Waals surface area contributed by atoms with E-state index in [1.54, 1.807) is 6.20 Å². The van der Waals surface area contributed by atoms with Crippen molar-refractivity contribution in [3.63, 3.8) is 0 Å². The fourth-order valence-corrected chi connectivity index (χ4v) is 2.24. The van der Waals surface area contributed by atoms with Gasteiger partial charge in [-0.05, 0) is 19.2 Å². The highest BCUT2D eigenvalue weighted by Gasteiger charge is 2.32. The Balaban J connectivity index is 1.73. The molecule has 1 aliphatic heterocycles. The minimum absolute atomic E-state index is 0.134. The van der Waals surface area contributed by atoms with Gasteiger partial charge in [-0.2, -0.15) is 4.98 Å². The Morgan fingerprint density at radius 2 is 2.32 bits per heavy atom. The van der Waals surface area contributed by atoms with E-state index in [0.717, 1.165) is 5.69 Å². The number of pyridine rings is 1. The van der Waals surface area contributed by atoms with E-state index >= 15 is 0 Å². The molecule has 2 aromatic heterocycles. The maximum Gasteiger partial charge on any atom is 0.233 e. The van der Waals surface area contributed by atoms with E-state index in [2.05, 4.69) is 20.4 Å². The molecule has 3 heterocycles. The van der Waals surface area contributed by atoms with E-state index in [9.17, 15) is 0 Å². The van der Waals surface area contributed by atoms with E-state index in [1.807, 2.05) is 25.2 Å². The average Bonchev–Trinajstić information content (AvgIpc) is 3.07. The number of hydrogen-bond donors (Lipinski definition) is 1. The highest BCUT2D eigenvalue weighted by Crippen LogP contribution is 2.24. The van der Waals surface area contributed by atoms with Crippen LogP contribution in [-0.4, -0.2) is 41.4 Å². The van der Waals surface area contributed by atoms with E-state index < -0.39 is 0 Å². The second-order valence-corrected chi connectivity index (χ2v) is 4.59. The summed E-state index contributed by atoms with van der Waals surface area (Å²) in [6.45, 7) is 1.30. The van der Waals surface area contributed by atoms with Crippen molar-refractivity contribution in [1.82, 2.24) is 20.4 Å². The van der Waals surface area contributed by atoms with Crippen LogP contribution in [0.5, 0.6) is 0 Å². The molecule has 0 radical (unpaired) electrons. The largest absolute Gasteiger partial charge is 0.379 e. The third kappa shape index (κ3) is 2.64. The smallest absolute Gasteiger partial charge is 0.233 e. The van der Waals surface area contributed by atoms with Gasteiger partial charge in [0.05, 0.1) is 25.6 Å². The first-order valence-corrected chi connectivity index (χ1v) is 6.34. The molecule has 3 rings (SSSR count). The van der Waals surface area contributed by atoms with Gasteiger partial charge in [-0.15, -0.1) is 0 Å². The lowest BCUT2D eigenvalue weighted by atomic mass is 10.0. The fraction of sp³-hybridized carbons (Fsp3) is 0.462. The Morgan fingerprint density at radius 3 is 3.11 bits per heavy atom. The van der Waals surface area contributed by atoms with Crippen molar-refractivity contribution in [2.75, 3.05) is 20.3 Å². The molecule has 0 amide bonds. The van der Waals surface area contributed by atoms with Gasteiger partial charge in [-0.25, -0.2) is 0 Å². The van der Waals surface area contributed by atoms with Gasteiger partial charge in [-0.3, -0.25) is 4.98 Å². The number of aromatic nitrogens is 3. The third-order valence-corrected chi connectivity index (χ3v) is 3.32. The van der Waals surface area contributed by atoms with Gasteiger partial charge in [0.2, 0.25) is 5.89 Å². The Kier molecular flexibility index (Phi) is 3.52. The number of ether oxygens (including phenoxy) is 1. The Labute approximate surface area is 111 Å². The van der Waals surface area contributed by atoms with Crippen molar-refractivity contribution in [3.8, 4) is 0 Å². The molecule has 2 atom stereocenters. The SMILES string of the molecule is CNC1COCC1c1nc(Cc2ccccn2)no1. The Morgan fingerprint density at radius 1 is 1.37 bits per heavy atom. The molecule has 0 spiro atoms. The summed E-state index contributed by atoms with van der Waals surface area (Å²) in [5.41, 5.74) is 0.933. The van der Waals surface area contributed by atoms with Gasteiger partial charge in [0.1, 0.15) is 0 Å². The minimum atomic E-state index is 0.134. The highest BCUT2D eigenvalue weighted by molar-refractivity contribution is 5.10. The van der Waals surface area contributed by atoms with Crippen LogP contribution < -0.4 is 5.32 Å². The number of hydrogen-bond acceptors (Lipinski definition) is 6. The van der Waals surface area contributed by atoms with E-state index in [4.69, 9.17) is 9.26 Å². The van der Waals surface area contributed by atoms with Crippen LogP contribution in [0.1, 0.15) is 23.3 Å². The second-order valence-electron chi connectivity index (χ2n) is 4.59. The first kappa shape index (κ1) is 12.3. The predicted molar refractivity (Wildman–Crippen MR) is 67.7 cm³/mol. The second kappa shape index (κ2) is 5.46. The summed E-state index contributed by atoms with van der Waals surface area (Å²) in [7, 11) is 1.91. The summed E-state index contributed by atoms with van der Waals surface area (Å²) in [4.78, 5) is 8.70. The van der Waals surface area contributed by atoms with Crippen molar-refractivity contribution in [3.05, 3.63) is 41.8 Å². The van der Waals surface area contributed by atoms with Gasteiger partial charge in [0, 0.05) is 17.9 Å². The average molecular weight is 260 g/mol. The van der Waals surface area contributed by atoms with Gasteiger partial charge < -0.3 is 14.6 Å². The van der Waals surface area contributed by atoms with Crippen molar-refractivity contribution >= 4 is 0 Å². The zero-order chi connectivity index (χ0) is 13.1. The van der Waals surface area contributed by atoms with Gasteiger partial charge in [-0.1, -0.05) is 11.2 Å². The number of likely N-dealkylation sites (N-methyl/N-ethyl adjacent to an activating group) is 1. The minimum Gasteiger partial charge on any atom is -0.379 e. The summed E-state index contributed by atoms with van der Waals surface area (Å²) in [6, 6.07) is 6.03. The first-order chi connectivity index (χ1) is 9.36. The van der Waals surface area contributed by atoms with Crippen LogP contribution in [0.3, 0.4) is 0 Å². The van der Waals surface area contributed by atoms with E-state index in [-0.39, 0.29) is 12.0 Å². The Bertz CT molecular complexity index is 528. The molecule has 0 aliphatic carbocycles. The van der Waals surface area contributed by atoms with Gasteiger partial charge in [0.25, 0.3) is 0 Å². The summed E-state index contributed by atoms with van der Waals surface area (Å²) in [5, 5.41) is 7.22. The van der Waals surface area contributed by atoms with Crippen LogP contribution in [0.2, 0.25) is 0 Å². The summed E-state index contributed by atoms with van der Waals surface area (Å²) >= 11 is 0. The molecule has 1 fully saturated rings. The normalized spacial score (nSPS) is 22.8. The maximum absolute atomic E-state index is 5.44. The Hall–Kier alpha value is -1.79. The molecule has 0 aromatic carbocycles. The van der Waals surface area contributed by atoms with E-state index in [1.165, 1.54) is 0 Å². The molecule has 19 heavy (non-hydrogen) atoms. The van der Waals surface area contributed by atoms with Crippen LogP contribution in [-0.2, 0) is 11.2 Å². The van der Waals surface area contributed by atoms with Crippen LogP contribution in [0.25, 0.3) is 0 Å². The van der Waals surface area contributed by atoms with Crippen LogP contribution in [0, 0.1) is 0 Å². The zero-order valence-electron chi connectivity index (χ0n) is 10.7. The lowest BCUT2D eigenvalue weighted by Crippen LogP contribution is -2.31. The monoisotopic (exact) mass is 260 g/mol. The molecular weight excluding hydrogens is 244 g/mol. The molecule has 100 valence electrons. The number of nitrogens with one attached hydrogen (secondary N) is 1. The molecule has 1 saturated heterocycles. The lowest BCUT2D eigenvalue weighted by Gasteiger charge is -2.11. The van der Waals surface area contributed by atoms with Crippen LogP contribution in [0.15, 0.2) is 28.9 Å². The molecule has 6 nitrogen and oxygen atoms in total. The molecule has 6 heteroatoms. The first-order valence-electron chi connectivity index (χ1n) is 6.34. The van der Waals surface area contributed by atoms with Crippen LogP contribution >= 0.6 is 0 Å². The maximum atomic E-state index is 5.44. The van der Waals surface area contributed by atoms with Crippen molar-refractivity contribution < 1.29 is 9.26 Å². The molecule has 0 saturated carbocycles. The predicted octanol–water partition coefficient (Wildman–Crippen LogP) is 0.757. The fourth-order valence-electron chi connectivity index (χ4n) is 2.24. The van der Waals surface area contributed by atoms with Gasteiger partial charge >= 0.3 is 0 Å². The topological polar surface area (TPSA) is 73.1 Å². The quantitative estimate of drug-likeness (QED) is 0.874. The third-order valence-electron chi connectivity index (χ3n) is 3.32. The summed E-state index contributed by atoms with van der Waals surface area (Å²) in [5.74, 6) is 1.44. The molecule has 1 aliphatic rings. The zero-order valence-corrected chi connectivity index (χ0v) is 10.7. The highest BCUT2D eigenvalue weighted by atomic mass is 16.5. The molecular formula is C13H16N4O2. The summed E-state index contributed by atoms with van der Waals surface area (Å²) < 4.78 is 10.8. The number of nitrogens with zero attached hydrogens (tertiary/aromatic N) is 3. The molecule has 0 bridgehead atoms. The standard InChI is InChI=1S/C13H16N4O2/c1-14-11-8-18-7-10(11)13-16-12(17-19-13)6-9-4-2-3-5-15-9/h2-5,10-11,14H,6-8H2,1H3. The molecule has 2 aromatic rings. The van der Waals surface area contributed by atoms with Gasteiger partial charge in [0.15, 0.2) is 5.82 Å². The lowest BCUT2D eigenvalue weighted by molar-refractivity contribution is 0.185.